The minimum Gasteiger partial charge on any atom is -0.394 e. The van der Waals surface area contributed by atoms with E-state index in [1.165, 1.54) is 28.6 Å². The molecule has 0 radical (unpaired) electrons. The van der Waals surface area contributed by atoms with Crippen molar-refractivity contribution in [2.45, 2.75) is 74.5 Å². The molecule has 2 aliphatic rings. The molecular formula is C24H31FN6O4S. The average Bonchev–Trinajstić information content (AvgIpc) is 3.23. The summed E-state index contributed by atoms with van der Waals surface area (Å²) in [4.78, 5) is 8.99. The molecular weight excluding hydrogens is 487 g/mol. The summed E-state index contributed by atoms with van der Waals surface area (Å²) in [5, 5.41) is 42.3. The van der Waals surface area contributed by atoms with Crippen LogP contribution in [0.2, 0.25) is 0 Å². The molecule has 2 heterocycles. The Morgan fingerprint density at radius 1 is 1.36 bits per heavy atom. The molecule has 0 unspecified atom stereocenters. The van der Waals surface area contributed by atoms with Gasteiger partial charge in [-0.1, -0.05) is 36.0 Å². The number of hydrogen-bond donors (Lipinski definition) is 4. The maximum absolute atomic E-state index is 14.3. The molecule has 2 aliphatic carbocycles. The topological polar surface area (TPSA) is 138 Å². The smallest absolute Gasteiger partial charge is 0.191 e. The van der Waals surface area contributed by atoms with Gasteiger partial charge in [-0.05, 0) is 36.9 Å². The molecule has 0 spiro atoms. The first-order valence-electron chi connectivity index (χ1n) is 15.0. The number of aryl methyl sites for hydroxylation is 1. The maximum atomic E-state index is 14.3. The molecule has 4 N–H and O–H groups in total. The second-order valence-electron chi connectivity index (χ2n) is 8.66. The van der Waals surface area contributed by atoms with Gasteiger partial charge in [-0.2, -0.15) is 0 Å². The van der Waals surface area contributed by atoms with Crippen molar-refractivity contribution < 1.29 is 34.0 Å². The molecule has 2 saturated carbocycles. The molecule has 0 amide bonds. The minimum atomic E-state index is -3.39. The van der Waals surface area contributed by atoms with Crippen LogP contribution >= 0.6 is 11.8 Å². The molecule has 2 aromatic heterocycles. The van der Waals surface area contributed by atoms with E-state index in [1.807, 2.05) is 6.92 Å². The van der Waals surface area contributed by atoms with Crippen LogP contribution in [-0.2, 0) is 4.74 Å². The molecule has 0 bridgehead atoms. The fourth-order valence-electron chi connectivity index (χ4n) is 4.19. The van der Waals surface area contributed by atoms with Crippen molar-refractivity contribution in [1.82, 2.24) is 25.0 Å². The van der Waals surface area contributed by atoms with Crippen molar-refractivity contribution >= 4 is 28.7 Å². The van der Waals surface area contributed by atoms with Gasteiger partial charge in [-0.15, -0.1) is 5.10 Å². The minimum absolute atomic E-state index is 0.0519. The monoisotopic (exact) mass is 525 g/mol. The molecule has 0 aliphatic heterocycles. The Kier molecular flexibility index (Phi) is 5.26. The number of hydrogen-bond acceptors (Lipinski definition) is 10. The Balaban J connectivity index is 1.50. The fraction of sp³-hybridized carbons (Fsp3) is 0.583. The lowest BCUT2D eigenvalue weighted by atomic mass is 10.1. The number of thioether (sulfide) groups is 1. The van der Waals surface area contributed by atoms with Crippen LogP contribution in [0, 0.1) is 12.7 Å². The number of nitrogens with zero attached hydrogens (tertiary/aromatic N) is 5. The van der Waals surface area contributed by atoms with Crippen LogP contribution in [0.5, 0.6) is 0 Å². The van der Waals surface area contributed by atoms with Gasteiger partial charge in [-0.3, -0.25) is 0 Å². The van der Waals surface area contributed by atoms with Crippen molar-refractivity contribution in [1.29, 1.82) is 0 Å². The van der Waals surface area contributed by atoms with E-state index in [9.17, 15) is 19.7 Å². The van der Waals surface area contributed by atoms with Crippen LogP contribution in [-0.4, -0.2) is 83.5 Å². The highest BCUT2D eigenvalue weighted by atomic mass is 32.2. The van der Waals surface area contributed by atoms with E-state index in [1.54, 1.807) is 6.92 Å². The number of aliphatic hydroxyl groups excluding tert-OH is 2. The van der Waals surface area contributed by atoms with Crippen molar-refractivity contribution in [2.24, 2.45) is 0 Å². The number of rotatable bonds is 10. The highest BCUT2D eigenvalue weighted by molar-refractivity contribution is 7.99. The molecule has 5 rings (SSSR count). The summed E-state index contributed by atoms with van der Waals surface area (Å²) >= 11 is 1.29. The van der Waals surface area contributed by atoms with E-state index in [0.29, 0.717) is 11.3 Å². The normalized spacial score (nSPS) is 34.7. The SMILES string of the molecule is [2H]C([2H])(O)C([2H])([2H])O[C@H]1C[C@@H](n2nnc3c(N[C@@H]4C([2H])([2H])[C@@]4([2H])c4ccc(C)c(F)c4)nc(SCCC)nc32)[C@H](O)[C@@H]1O. The first-order chi connectivity index (χ1) is 19.9. The van der Waals surface area contributed by atoms with E-state index in [2.05, 4.69) is 25.6 Å². The molecule has 194 valence electrons. The summed E-state index contributed by atoms with van der Waals surface area (Å²) in [5.74, 6) is -1.73. The van der Waals surface area contributed by atoms with Crippen LogP contribution in [0.4, 0.5) is 10.2 Å². The molecule has 6 atom stereocenters. The van der Waals surface area contributed by atoms with E-state index < -0.39 is 61.6 Å². The van der Waals surface area contributed by atoms with Crippen LogP contribution < -0.4 is 5.32 Å². The van der Waals surface area contributed by atoms with Crippen molar-refractivity contribution in [2.75, 3.05) is 24.2 Å². The maximum Gasteiger partial charge on any atom is 0.191 e. The third-order valence-corrected chi connectivity index (χ3v) is 7.23. The first kappa shape index (κ1) is 18.0. The zero-order valence-electron chi connectivity index (χ0n) is 26.5. The van der Waals surface area contributed by atoms with E-state index >= 15 is 0 Å². The number of aliphatic hydroxyl groups is 3. The van der Waals surface area contributed by atoms with Gasteiger partial charge in [0, 0.05) is 28.2 Å². The number of halogens is 1. The summed E-state index contributed by atoms with van der Waals surface area (Å²) in [5.41, 5.74) is 0.664. The summed E-state index contributed by atoms with van der Waals surface area (Å²) in [7, 11) is 0. The van der Waals surface area contributed by atoms with Gasteiger partial charge in [0.25, 0.3) is 0 Å². The predicted molar refractivity (Wildman–Crippen MR) is 133 cm³/mol. The summed E-state index contributed by atoms with van der Waals surface area (Å²) < 4.78 is 76.5. The lowest BCUT2D eigenvalue weighted by molar-refractivity contribution is -0.0629. The fourth-order valence-corrected chi connectivity index (χ4v) is 4.88. The molecule has 12 heteroatoms. The van der Waals surface area contributed by atoms with Gasteiger partial charge in [0.05, 0.1) is 30.7 Å². The summed E-state index contributed by atoms with van der Waals surface area (Å²) in [6.07, 6.45) is -6.26. The van der Waals surface area contributed by atoms with Crippen LogP contribution in [0.15, 0.2) is 23.4 Å². The van der Waals surface area contributed by atoms with Gasteiger partial charge in [0.1, 0.15) is 18.0 Å². The quantitative estimate of drug-likeness (QED) is 0.230. The number of ether oxygens (including phenoxy) is 1. The summed E-state index contributed by atoms with van der Waals surface area (Å²) in [6.45, 7) is -3.07. The number of anilines is 1. The number of aromatic nitrogens is 5. The molecule has 10 nitrogen and oxygen atoms in total. The zero-order chi connectivity index (χ0) is 31.7. The lowest BCUT2D eigenvalue weighted by Gasteiger charge is -2.17. The Morgan fingerprint density at radius 3 is 2.94 bits per heavy atom. The van der Waals surface area contributed by atoms with Crippen molar-refractivity contribution in [3.63, 3.8) is 0 Å². The highest BCUT2D eigenvalue weighted by Crippen LogP contribution is 2.44. The Hall–Kier alpha value is -2.38. The highest BCUT2D eigenvalue weighted by Gasteiger charge is 2.45. The van der Waals surface area contributed by atoms with Gasteiger partial charge < -0.3 is 25.4 Å². The third kappa shape index (κ3) is 4.92. The Labute approximate surface area is 222 Å². The second-order valence-corrected chi connectivity index (χ2v) is 9.73. The standard InChI is InChI=1S/C24H31FN6O4S/c1-3-8-36-24-27-22(26-16-10-14(16)13-5-4-12(2)15(25)9-13)19-23(28-24)31(30-29-19)17-11-18(35-7-6-32)21(34)20(17)33/h4-5,9,14,16-18,20-21,32-34H,3,6-8,10-11H2,1-2H3,(H,26,27,28)/t14-,16+,17+,18-,20-,21+/m0/s1/i6D2,7D2,10D2,14D. The van der Waals surface area contributed by atoms with Gasteiger partial charge in [0.15, 0.2) is 22.1 Å². The third-order valence-electron chi connectivity index (χ3n) is 6.18. The van der Waals surface area contributed by atoms with Gasteiger partial charge in [-0.25, -0.2) is 19.0 Å². The van der Waals surface area contributed by atoms with E-state index in [0.717, 1.165) is 12.5 Å². The molecule has 36 heavy (non-hydrogen) atoms. The number of nitrogens with one attached hydrogen (secondary N) is 1. The first-order valence-corrected chi connectivity index (χ1v) is 12.5. The largest absolute Gasteiger partial charge is 0.394 e. The van der Waals surface area contributed by atoms with Crippen molar-refractivity contribution in [3.8, 4) is 0 Å². The lowest BCUT2D eigenvalue weighted by Crippen LogP contribution is -2.33. The molecule has 0 saturated heterocycles. The predicted octanol–water partition coefficient (Wildman–Crippen LogP) is 2.18. The van der Waals surface area contributed by atoms with Crippen LogP contribution in [0.1, 0.15) is 58.8 Å². The molecule has 1 aromatic carbocycles. The Bertz CT molecular complexity index is 1530. The second kappa shape index (κ2) is 10.5. The number of benzene rings is 1. The molecule has 2 fully saturated rings. The molecule has 3 aromatic rings. The van der Waals surface area contributed by atoms with Crippen LogP contribution in [0.25, 0.3) is 11.2 Å². The average molecular weight is 526 g/mol. The zero-order valence-corrected chi connectivity index (χ0v) is 20.3. The van der Waals surface area contributed by atoms with Gasteiger partial charge >= 0.3 is 0 Å². The van der Waals surface area contributed by atoms with E-state index in [4.69, 9.17) is 14.3 Å². The summed E-state index contributed by atoms with van der Waals surface area (Å²) in [6, 6.07) is 1.93. The Morgan fingerprint density at radius 2 is 2.19 bits per heavy atom. The van der Waals surface area contributed by atoms with Crippen molar-refractivity contribution in [3.05, 3.63) is 35.1 Å². The van der Waals surface area contributed by atoms with E-state index in [-0.39, 0.29) is 34.1 Å². The number of fused-ring (bicyclic) bond motifs is 1. The van der Waals surface area contributed by atoms with Gasteiger partial charge in [0.2, 0.25) is 0 Å². The van der Waals surface area contributed by atoms with Crippen LogP contribution in [0.3, 0.4) is 0 Å².